The zero-order valence-electron chi connectivity index (χ0n) is 18.9. The molecule has 0 saturated carbocycles. The van der Waals surface area contributed by atoms with E-state index < -0.39 is 30.6 Å². The summed E-state index contributed by atoms with van der Waals surface area (Å²) in [6, 6.07) is 10.2. The SMILES string of the molecule is NN/N=C(\N)c1c(-c2ccc(OC(F)F)cc2)cc(-c2ccc(OCCCC(F)(F)F)cc2F)[nH]c1=O. The van der Waals surface area contributed by atoms with Gasteiger partial charge >= 0.3 is 12.8 Å². The van der Waals surface area contributed by atoms with Crippen LogP contribution in [0.4, 0.5) is 26.3 Å². The molecule has 14 heteroatoms. The van der Waals surface area contributed by atoms with Crippen molar-refractivity contribution in [3.8, 4) is 33.9 Å². The minimum absolute atomic E-state index is 0.00244. The second-order valence-electron chi connectivity index (χ2n) is 7.54. The number of nitrogens with zero attached hydrogens (tertiary/aromatic N) is 1. The monoisotopic (exact) mass is 529 g/mol. The summed E-state index contributed by atoms with van der Waals surface area (Å²) in [5.74, 6) is 3.90. The Morgan fingerprint density at radius 1 is 1.05 bits per heavy atom. The van der Waals surface area contributed by atoms with Crippen LogP contribution in [0.15, 0.2) is 58.4 Å². The van der Waals surface area contributed by atoms with Crippen LogP contribution < -0.4 is 32.1 Å². The molecule has 0 saturated heterocycles. The highest BCUT2D eigenvalue weighted by Gasteiger charge is 2.26. The van der Waals surface area contributed by atoms with E-state index in [0.29, 0.717) is 5.56 Å². The summed E-state index contributed by atoms with van der Waals surface area (Å²) in [7, 11) is 0. The van der Waals surface area contributed by atoms with E-state index in [4.69, 9.17) is 16.3 Å². The number of aromatic nitrogens is 1. The predicted octanol–water partition coefficient (Wildman–Crippen LogP) is 4.25. The summed E-state index contributed by atoms with van der Waals surface area (Å²) in [5.41, 5.74) is 7.41. The molecule has 8 nitrogen and oxygen atoms in total. The predicted molar refractivity (Wildman–Crippen MR) is 123 cm³/mol. The molecule has 3 rings (SSSR count). The topological polar surface area (TPSA) is 128 Å². The molecular weight excluding hydrogens is 508 g/mol. The number of aromatic amines is 1. The van der Waals surface area contributed by atoms with E-state index in [9.17, 15) is 31.1 Å². The van der Waals surface area contributed by atoms with Crippen LogP contribution in [0.2, 0.25) is 0 Å². The summed E-state index contributed by atoms with van der Waals surface area (Å²) in [6.07, 6.45) is -5.66. The highest BCUT2D eigenvalue weighted by molar-refractivity contribution is 6.03. The van der Waals surface area contributed by atoms with Crippen LogP contribution in [0, 0.1) is 5.82 Å². The fourth-order valence-electron chi connectivity index (χ4n) is 3.39. The van der Waals surface area contributed by atoms with Crippen molar-refractivity contribution < 1.29 is 35.8 Å². The van der Waals surface area contributed by atoms with Crippen LogP contribution in [0.3, 0.4) is 0 Å². The maximum atomic E-state index is 14.9. The van der Waals surface area contributed by atoms with Gasteiger partial charge in [-0.05, 0) is 42.3 Å². The number of nitrogens with one attached hydrogen (secondary N) is 2. The Morgan fingerprint density at radius 3 is 2.32 bits per heavy atom. The van der Waals surface area contributed by atoms with Crippen LogP contribution in [0.5, 0.6) is 11.5 Å². The van der Waals surface area contributed by atoms with Crippen molar-refractivity contribution in [1.82, 2.24) is 10.5 Å². The molecule has 2 aromatic carbocycles. The minimum Gasteiger partial charge on any atom is -0.493 e. The quantitative estimate of drug-likeness (QED) is 0.0777. The van der Waals surface area contributed by atoms with Gasteiger partial charge in [-0.15, -0.1) is 5.10 Å². The lowest BCUT2D eigenvalue weighted by Crippen LogP contribution is -2.29. The second-order valence-corrected chi connectivity index (χ2v) is 7.54. The molecule has 1 heterocycles. The molecule has 1 aromatic heterocycles. The zero-order chi connectivity index (χ0) is 27.2. The Labute approximate surface area is 205 Å². The number of hydrazone groups is 1. The Balaban J connectivity index is 1.98. The molecule has 0 aliphatic carbocycles. The summed E-state index contributed by atoms with van der Waals surface area (Å²) >= 11 is 0. The van der Waals surface area contributed by atoms with Crippen LogP contribution in [0.25, 0.3) is 22.4 Å². The molecular formula is C23H21F6N5O3. The summed E-state index contributed by atoms with van der Waals surface area (Å²) in [4.78, 5) is 15.4. The number of amidine groups is 1. The van der Waals surface area contributed by atoms with E-state index in [2.05, 4.69) is 14.8 Å². The average molecular weight is 529 g/mol. The molecule has 0 radical (unpaired) electrons. The van der Waals surface area contributed by atoms with Gasteiger partial charge < -0.3 is 20.2 Å². The molecule has 0 unspecified atom stereocenters. The van der Waals surface area contributed by atoms with Gasteiger partial charge in [0.15, 0.2) is 5.84 Å². The van der Waals surface area contributed by atoms with E-state index in [1.165, 1.54) is 42.5 Å². The second kappa shape index (κ2) is 11.7. The van der Waals surface area contributed by atoms with Crippen molar-refractivity contribution in [3.63, 3.8) is 0 Å². The molecule has 0 aliphatic rings. The maximum absolute atomic E-state index is 14.9. The van der Waals surface area contributed by atoms with Crippen LogP contribution >= 0.6 is 0 Å². The number of rotatable bonds is 10. The maximum Gasteiger partial charge on any atom is 0.389 e. The zero-order valence-corrected chi connectivity index (χ0v) is 18.9. The molecule has 0 fully saturated rings. The first-order valence-corrected chi connectivity index (χ1v) is 10.6. The van der Waals surface area contributed by atoms with Crippen LogP contribution in [0.1, 0.15) is 18.4 Å². The third-order valence-electron chi connectivity index (χ3n) is 4.97. The summed E-state index contributed by atoms with van der Waals surface area (Å²) < 4.78 is 86.2. The van der Waals surface area contributed by atoms with Gasteiger partial charge in [0, 0.05) is 23.6 Å². The molecule has 0 bridgehead atoms. The van der Waals surface area contributed by atoms with Crippen molar-refractivity contribution in [2.24, 2.45) is 16.7 Å². The van der Waals surface area contributed by atoms with Crippen LogP contribution in [-0.2, 0) is 0 Å². The summed E-state index contributed by atoms with van der Waals surface area (Å²) in [5, 5.41) is 3.60. The Hall–Kier alpha value is -4.20. The lowest BCUT2D eigenvalue weighted by molar-refractivity contribution is -0.136. The normalized spacial score (nSPS) is 12.1. The number of pyridine rings is 1. The van der Waals surface area contributed by atoms with Gasteiger partial charge in [0.05, 0.1) is 17.9 Å². The van der Waals surface area contributed by atoms with Gasteiger partial charge in [0.2, 0.25) is 0 Å². The lowest BCUT2D eigenvalue weighted by Gasteiger charge is -2.14. The molecule has 37 heavy (non-hydrogen) atoms. The first kappa shape index (κ1) is 27.4. The summed E-state index contributed by atoms with van der Waals surface area (Å²) in [6.45, 7) is -3.31. The van der Waals surface area contributed by atoms with Crippen LogP contribution in [-0.4, -0.2) is 30.2 Å². The molecule has 0 spiro atoms. The lowest BCUT2D eigenvalue weighted by atomic mass is 9.97. The van der Waals surface area contributed by atoms with E-state index in [1.807, 2.05) is 5.53 Å². The minimum atomic E-state index is -4.32. The Morgan fingerprint density at radius 2 is 1.73 bits per heavy atom. The smallest absolute Gasteiger partial charge is 0.389 e. The van der Waals surface area contributed by atoms with E-state index >= 15 is 0 Å². The van der Waals surface area contributed by atoms with Crippen molar-refractivity contribution in [3.05, 3.63) is 70.3 Å². The highest BCUT2D eigenvalue weighted by Crippen LogP contribution is 2.31. The number of ether oxygens (including phenoxy) is 2. The third kappa shape index (κ3) is 7.39. The van der Waals surface area contributed by atoms with Crippen molar-refractivity contribution in [2.75, 3.05) is 6.61 Å². The van der Waals surface area contributed by atoms with Gasteiger partial charge in [-0.3, -0.25) is 4.79 Å². The standard InChI is InChI=1S/C23H21F6N5O3/c24-17-10-14(36-9-1-8-23(27,28)29)6-7-15(17)18-11-16(19(21(35)32-18)20(30)33-34-31)12-2-4-13(5-3-12)37-22(25)26/h2-7,10-11,22,34H,1,8-9,31H2,(H2,30,33)(H,32,35). The fourth-order valence-corrected chi connectivity index (χ4v) is 3.39. The number of H-pyrrole nitrogens is 1. The number of halogens is 6. The van der Waals surface area contributed by atoms with Gasteiger partial charge in [0.25, 0.3) is 5.56 Å². The molecule has 0 atom stereocenters. The number of hydrogen-bond acceptors (Lipinski definition) is 6. The van der Waals surface area contributed by atoms with E-state index in [-0.39, 0.29) is 52.7 Å². The number of benzene rings is 2. The van der Waals surface area contributed by atoms with Crippen molar-refractivity contribution in [2.45, 2.75) is 25.6 Å². The third-order valence-corrected chi connectivity index (χ3v) is 4.97. The Bertz CT molecular complexity index is 1310. The Kier molecular flexibility index (Phi) is 8.65. The molecule has 0 amide bonds. The number of nitrogens with two attached hydrogens (primary N) is 2. The molecule has 198 valence electrons. The molecule has 3 aromatic rings. The van der Waals surface area contributed by atoms with Gasteiger partial charge in [-0.25, -0.2) is 15.8 Å². The molecule has 6 N–H and O–H groups in total. The van der Waals surface area contributed by atoms with E-state index in [0.717, 1.165) is 6.07 Å². The highest BCUT2D eigenvalue weighted by atomic mass is 19.4. The number of hydrazine groups is 1. The number of alkyl halides is 5. The van der Waals surface area contributed by atoms with Gasteiger partial charge in [0.1, 0.15) is 17.3 Å². The van der Waals surface area contributed by atoms with E-state index in [1.54, 1.807) is 0 Å². The van der Waals surface area contributed by atoms with Crippen molar-refractivity contribution in [1.29, 1.82) is 0 Å². The number of hydrogen-bond donors (Lipinski definition) is 4. The first-order chi connectivity index (χ1) is 17.5. The fraction of sp³-hybridized carbons (Fsp3) is 0.217. The molecule has 0 aliphatic heterocycles. The van der Waals surface area contributed by atoms with Gasteiger partial charge in [-0.2, -0.15) is 22.0 Å². The largest absolute Gasteiger partial charge is 0.493 e. The average Bonchev–Trinajstić information content (AvgIpc) is 2.81. The van der Waals surface area contributed by atoms with Gasteiger partial charge in [-0.1, -0.05) is 12.1 Å². The first-order valence-electron chi connectivity index (χ1n) is 10.6. The van der Waals surface area contributed by atoms with Crippen molar-refractivity contribution >= 4 is 5.84 Å².